The molecule has 0 aliphatic carbocycles. The number of halogens is 2. The van der Waals surface area contributed by atoms with Gasteiger partial charge in [-0.1, -0.05) is 23.7 Å². The fourth-order valence-electron chi connectivity index (χ4n) is 2.97. The molecule has 30 heavy (non-hydrogen) atoms. The van der Waals surface area contributed by atoms with Crippen molar-refractivity contribution < 1.29 is 18.7 Å². The second kappa shape index (κ2) is 8.03. The number of aromatic nitrogens is 3. The van der Waals surface area contributed by atoms with Crippen LogP contribution >= 0.6 is 11.6 Å². The Morgan fingerprint density at radius 3 is 2.93 bits per heavy atom. The predicted octanol–water partition coefficient (Wildman–Crippen LogP) is 2.48. The number of benzene rings is 1. The standard InChI is InChI=1S/C20H15ClFN5O3/c1-27-18-15(6-3-7-23-18)30-10-14(20(27)29)25-19(28)17-24-9-13(21)16(26-17)11-4-2-5-12(22)8-11/h2-9,14H,10H2,1H3,(H,25,28). The third-order valence-corrected chi connectivity index (χ3v) is 4.73. The Balaban J connectivity index is 1.57. The molecule has 1 aliphatic rings. The van der Waals surface area contributed by atoms with Crippen LogP contribution in [-0.2, 0) is 4.79 Å². The normalized spacial score (nSPS) is 15.8. The van der Waals surface area contributed by atoms with E-state index in [-0.39, 0.29) is 23.1 Å². The third kappa shape index (κ3) is 3.79. The average Bonchev–Trinajstić information content (AvgIpc) is 2.86. The fraction of sp³-hybridized carbons (Fsp3) is 0.150. The number of pyridine rings is 1. The van der Waals surface area contributed by atoms with E-state index in [9.17, 15) is 14.0 Å². The third-order valence-electron chi connectivity index (χ3n) is 4.45. The molecule has 10 heteroatoms. The van der Waals surface area contributed by atoms with E-state index < -0.39 is 23.7 Å². The summed E-state index contributed by atoms with van der Waals surface area (Å²) in [5.74, 6) is -0.991. The van der Waals surface area contributed by atoms with Crippen molar-refractivity contribution in [3.05, 3.63) is 65.5 Å². The molecule has 3 heterocycles. The van der Waals surface area contributed by atoms with Gasteiger partial charge in [-0.15, -0.1) is 0 Å². The van der Waals surface area contributed by atoms with Gasteiger partial charge < -0.3 is 10.1 Å². The number of anilines is 1. The number of likely N-dealkylation sites (N-methyl/N-ethyl adjacent to an activating group) is 1. The van der Waals surface area contributed by atoms with Gasteiger partial charge in [-0.05, 0) is 24.3 Å². The number of nitrogens with zero attached hydrogens (tertiary/aromatic N) is 4. The molecule has 1 atom stereocenters. The molecule has 0 fully saturated rings. The molecule has 2 aromatic heterocycles. The number of fused-ring (bicyclic) bond motifs is 1. The van der Waals surface area contributed by atoms with E-state index in [1.165, 1.54) is 29.3 Å². The van der Waals surface area contributed by atoms with Crippen LogP contribution in [0.15, 0.2) is 48.8 Å². The van der Waals surface area contributed by atoms with Crippen molar-refractivity contribution in [3.8, 4) is 17.0 Å². The molecule has 1 aromatic carbocycles. The van der Waals surface area contributed by atoms with E-state index >= 15 is 0 Å². The molecular weight excluding hydrogens is 413 g/mol. The maximum Gasteiger partial charge on any atom is 0.289 e. The second-order valence-corrected chi connectivity index (χ2v) is 6.87. The summed E-state index contributed by atoms with van der Waals surface area (Å²) in [5.41, 5.74) is 0.597. The summed E-state index contributed by atoms with van der Waals surface area (Å²) in [6.07, 6.45) is 2.79. The molecule has 2 amide bonds. The summed E-state index contributed by atoms with van der Waals surface area (Å²) < 4.78 is 19.2. The average molecular weight is 428 g/mol. The summed E-state index contributed by atoms with van der Waals surface area (Å²) in [7, 11) is 1.54. The van der Waals surface area contributed by atoms with Gasteiger partial charge in [0.1, 0.15) is 18.5 Å². The molecule has 1 unspecified atom stereocenters. The van der Waals surface area contributed by atoms with E-state index in [4.69, 9.17) is 16.3 Å². The molecule has 1 N–H and O–H groups in total. The summed E-state index contributed by atoms with van der Waals surface area (Å²) in [5, 5.41) is 2.73. The first-order valence-corrected chi connectivity index (χ1v) is 9.26. The lowest BCUT2D eigenvalue weighted by atomic mass is 10.1. The SMILES string of the molecule is CN1C(=O)C(NC(=O)c2ncc(Cl)c(-c3cccc(F)c3)n2)COc2cccnc21. The minimum atomic E-state index is -0.978. The van der Waals surface area contributed by atoms with Gasteiger partial charge in [-0.2, -0.15) is 0 Å². The largest absolute Gasteiger partial charge is 0.487 e. The Morgan fingerprint density at radius 2 is 2.13 bits per heavy atom. The zero-order valence-electron chi connectivity index (χ0n) is 15.7. The van der Waals surface area contributed by atoms with Crippen LogP contribution in [0.25, 0.3) is 11.3 Å². The quantitative estimate of drug-likeness (QED) is 0.689. The van der Waals surface area contributed by atoms with Gasteiger partial charge in [-0.25, -0.2) is 19.3 Å². The minimum Gasteiger partial charge on any atom is -0.487 e. The van der Waals surface area contributed by atoms with Crippen LogP contribution < -0.4 is 15.0 Å². The lowest BCUT2D eigenvalue weighted by Crippen LogP contribution is -2.49. The van der Waals surface area contributed by atoms with Crippen LogP contribution in [0.5, 0.6) is 5.75 Å². The highest BCUT2D eigenvalue weighted by molar-refractivity contribution is 6.32. The number of carbonyl (C=O) groups excluding carboxylic acids is 2. The first-order valence-electron chi connectivity index (χ1n) is 8.89. The predicted molar refractivity (Wildman–Crippen MR) is 107 cm³/mol. The number of ether oxygens (including phenoxy) is 1. The van der Waals surface area contributed by atoms with Crippen molar-refractivity contribution in [2.75, 3.05) is 18.6 Å². The van der Waals surface area contributed by atoms with Crippen molar-refractivity contribution >= 4 is 29.2 Å². The Bertz CT molecular complexity index is 1140. The highest BCUT2D eigenvalue weighted by Crippen LogP contribution is 2.28. The molecule has 0 radical (unpaired) electrons. The summed E-state index contributed by atoms with van der Waals surface area (Å²) in [6, 6.07) is 8.04. The fourth-order valence-corrected chi connectivity index (χ4v) is 3.17. The molecule has 8 nitrogen and oxygen atoms in total. The van der Waals surface area contributed by atoms with Gasteiger partial charge in [-0.3, -0.25) is 14.5 Å². The molecule has 1 aliphatic heterocycles. The van der Waals surface area contributed by atoms with Crippen molar-refractivity contribution in [3.63, 3.8) is 0 Å². The monoisotopic (exact) mass is 427 g/mol. The van der Waals surface area contributed by atoms with Gasteiger partial charge in [0.2, 0.25) is 5.82 Å². The first kappa shape index (κ1) is 19.7. The van der Waals surface area contributed by atoms with Crippen molar-refractivity contribution in [1.82, 2.24) is 20.3 Å². The summed E-state index contributed by atoms with van der Waals surface area (Å²) >= 11 is 6.13. The Hall–Kier alpha value is -3.59. The number of hydrogen-bond acceptors (Lipinski definition) is 6. The first-order chi connectivity index (χ1) is 14.4. The van der Waals surface area contributed by atoms with Crippen LogP contribution in [-0.4, -0.2) is 46.5 Å². The van der Waals surface area contributed by atoms with Crippen LogP contribution in [0.1, 0.15) is 10.6 Å². The van der Waals surface area contributed by atoms with E-state index in [0.29, 0.717) is 17.1 Å². The number of amides is 2. The van der Waals surface area contributed by atoms with Gasteiger partial charge in [0.15, 0.2) is 11.6 Å². The Morgan fingerprint density at radius 1 is 1.30 bits per heavy atom. The van der Waals surface area contributed by atoms with Gasteiger partial charge in [0.25, 0.3) is 11.8 Å². The Labute approximate surface area is 175 Å². The van der Waals surface area contributed by atoms with Gasteiger partial charge in [0.05, 0.1) is 16.9 Å². The highest BCUT2D eigenvalue weighted by atomic mass is 35.5. The lowest BCUT2D eigenvalue weighted by molar-refractivity contribution is -0.120. The molecule has 4 rings (SSSR count). The molecule has 152 valence electrons. The van der Waals surface area contributed by atoms with Crippen molar-refractivity contribution in [2.45, 2.75) is 6.04 Å². The van der Waals surface area contributed by atoms with Gasteiger partial charge >= 0.3 is 0 Å². The van der Waals surface area contributed by atoms with E-state index in [1.807, 2.05) is 0 Å². The highest BCUT2D eigenvalue weighted by Gasteiger charge is 2.32. The van der Waals surface area contributed by atoms with E-state index in [0.717, 1.165) is 0 Å². The van der Waals surface area contributed by atoms with E-state index in [1.54, 1.807) is 31.4 Å². The number of carbonyl (C=O) groups is 2. The lowest BCUT2D eigenvalue weighted by Gasteiger charge is -2.19. The maximum atomic E-state index is 13.6. The summed E-state index contributed by atoms with van der Waals surface area (Å²) in [6.45, 7) is -0.0854. The zero-order chi connectivity index (χ0) is 21.3. The molecule has 0 saturated heterocycles. The topological polar surface area (TPSA) is 97.3 Å². The Kier molecular flexibility index (Phi) is 5.28. The van der Waals surface area contributed by atoms with Crippen LogP contribution in [0.2, 0.25) is 5.02 Å². The number of rotatable bonds is 3. The van der Waals surface area contributed by atoms with E-state index in [2.05, 4.69) is 20.3 Å². The minimum absolute atomic E-state index is 0.0854. The van der Waals surface area contributed by atoms with Crippen molar-refractivity contribution in [2.24, 2.45) is 0 Å². The smallest absolute Gasteiger partial charge is 0.289 e. The molecular formula is C20H15ClFN5O3. The molecule has 0 spiro atoms. The number of hydrogen-bond donors (Lipinski definition) is 1. The van der Waals surface area contributed by atoms with Crippen LogP contribution in [0.3, 0.4) is 0 Å². The molecule has 0 saturated carbocycles. The summed E-state index contributed by atoms with van der Waals surface area (Å²) in [4.78, 5) is 39.0. The van der Waals surface area contributed by atoms with Crippen molar-refractivity contribution in [1.29, 1.82) is 0 Å². The maximum absolute atomic E-state index is 13.6. The second-order valence-electron chi connectivity index (χ2n) is 6.46. The number of nitrogens with one attached hydrogen (secondary N) is 1. The molecule has 3 aromatic rings. The van der Waals surface area contributed by atoms with Crippen LogP contribution in [0.4, 0.5) is 10.2 Å². The van der Waals surface area contributed by atoms with Gasteiger partial charge in [0, 0.05) is 18.8 Å². The van der Waals surface area contributed by atoms with Crippen LogP contribution in [0, 0.1) is 5.82 Å². The zero-order valence-corrected chi connectivity index (χ0v) is 16.4. The molecule has 0 bridgehead atoms.